The number of rotatable bonds is 2. The molecular weight excluding hydrogens is 230 g/mol. The van der Waals surface area contributed by atoms with Gasteiger partial charge in [0.2, 0.25) is 0 Å². The molecule has 5 nitrogen and oxygen atoms in total. The SMILES string of the molecule is Cc1nc2cc(-c3ccnc(C=O)n3)ccc2o1. The van der Waals surface area contributed by atoms with Gasteiger partial charge in [-0.25, -0.2) is 15.0 Å². The van der Waals surface area contributed by atoms with Crippen LogP contribution in [0.4, 0.5) is 0 Å². The minimum absolute atomic E-state index is 0.170. The van der Waals surface area contributed by atoms with E-state index >= 15 is 0 Å². The van der Waals surface area contributed by atoms with E-state index < -0.39 is 0 Å². The highest BCUT2D eigenvalue weighted by Gasteiger charge is 2.06. The summed E-state index contributed by atoms with van der Waals surface area (Å²) in [4.78, 5) is 22.9. The van der Waals surface area contributed by atoms with Crippen molar-refractivity contribution in [3.8, 4) is 11.3 Å². The number of aldehydes is 1. The third-order valence-corrected chi connectivity index (χ3v) is 2.57. The second-order valence-corrected chi connectivity index (χ2v) is 3.83. The number of benzene rings is 1. The van der Waals surface area contributed by atoms with Gasteiger partial charge in [0.05, 0.1) is 5.69 Å². The van der Waals surface area contributed by atoms with E-state index in [9.17, 15) is 4.79 Å². The Kier molecular flexibility index (Phi) is 2.37. The lowest BCUT2D eigenvalue weighted by Gasteiger charge is -2.00. The average Bonchev–Trinajstić information content (AvgIpc) is 2.77. The van der Waals surface area contributed by atoms with Crippen LogP contribution in [0.3, 0.4) is 0 Å². The van der Waals surface area contributed by atoms with Crippen molar-refractivity contribution in [2.45, 2.75) is 6.92 Å². The summed E-state index contributed by atoms with van der Waals surface area (Å²) < 4.78 is 5.40. The van der Waals surface area contributed by atoms with Crippen LogP contribution in [0, 0.1) is 6.92 Å². The molecule has 3 aromatic rings. The van der Waals surface area contributed by atoms with Gasteiger partial charge in [-0.2, -0.15) is 0 Å². The summed E-state index contributed by atoms with van der Waals surface area (Å²) in [7, 11) is 0. The molecule has 1 aromatic carbocycles. The van der Waals surface area contributed by atoms with Gasteiger partial charge in [-0.15, -0.1) is 0 Å². The van der Waals surface area contributed by atoms with Crippen LogP contribution in [0.5, 0.6) is 0 Å². The number of fused-ring (bicyclic) bond motifs is 1. The fraction of sp³-hybridized carbons (Fsp3) is 0.0769. The Balaban J connectivity index is 2.15. The monoisotopic (exact) mass is 239 g/mol. The second-order valence-electron chi connectivity index (χ2n) is 3.83. The number of hydrogen-bond donors (Lipinski definition) is 0. The van der Waals surface area contributed by atoms with Crippen molar-refractivity contribution in [2.24, 2.45) is 0 Å². The number of hydrogen-bond acceptors (Lipinski definition) is 5. The molecule has 88 valence electrons. The van der Waals surface area contributed by atoms with Crippen LogP contribution >= 0.6 is 0 Å². The van der Waals surface area contributed by atoms with Gasteiger partial charge in [0.25, 0.3) is 0 Å². The lowest BCUT2D eigenvalue weighted by atomic mass is 10.1. The van der Waals surface area contributed by atoms with Crippen molar-refractivity contribution in [1.82, 2.24) is 15.0 Å². The van der Waals surface area contributed by atoms with Crippen LogP contribution in [0.15, 0.2) is 34.9 Å². The average molecular weight is 239 g/mol. The summed E-state index contributed by atoms with van der Waals surface area (Å²) in [6, 6.07) is 7.35. The second kappa shape index (κ2) is 4.03. The molecule has 0 atom stereocenters. The van der Waals surface area contributed by atoms with Crippen LogP contribution in [0.2, 0.25) is 0 Å². The van der Waals surface area contributed by atoms with Crippen molar-refractivity contribution in [3.63, 3.8) is 0 Å². The third kappa shape index (κ3) is 1.75. The zero-order valence-corrected chi connectivity index (χ0v) is 9.62. The molecule has 0 aliphatic rings. The Morgan fingerprint density at radius 3 is 2.94 bits per heavy atom. The van der Waals surface area contributed by atoms with Crippen LogP contribution in [-0.4, -0.2) is 21.2 Å². The van der Waals surface area contributed by atoms with E-state index in [0.717, 1.165) is 16.7 Å². The highest BCUT2D eigenvalue weighted by atomic mass is 16.3. The summed E-state index contributed by atoms with van der Waals surface area (Å²) in [6.07, 6.45) is 2.19. The molecule has 0 fully saturated rings. The Bertz CT molecular complexity index is 734. The van der Waals surface area contributed by atoms with Crippen molar-refractivity contribution in [1.29, 1.82) is 0 Å². The Morgan fingerprint density at radius 1 is 1.22 bits per heavy atom. The van der Waals surface area contributed by atoms with Gasteiger partial charge in [0, 0.05) is 18.7 Å². The predicted octanol–water partition coefficient (Wildman–Crippen LogP) is 2.41. The van der Waals surface area contributed by atoms with Crippen LogP contribution in [0.25, 0.3) is 22.4 Å². The number of nitrogens with zero attached hydrogens (tertiary/aromatic N) is 3. The van der Waals surface area contributed by atoms with Gasteiger partial charge < -0.3 is 4.42 Å². The van der Waals surface area contributed by atoms with E-state index in [0.29, 0.717) is 17.9 Å². The molecule has 0 spiro atoms. The molecule has 0 N–H and O–H groups in total. The summed E-state index contributed by atoms with van der Waals surface area (Å²) >= 11 is 0. The minimum Gasteiger partial charge on any atom is -0.441 e. The summed E-state index contributed by atoms with van der Waals surface area (Å²) in [5, 5.41) is 0. The number of aryl methyl sites for hydroxylation is 1. The molecule has 0 saturated carbocycles. The quantitative estimate of drug-likeness (QED) is 0.642. The number of aromatic nitrogens is 3. The molecule has 0 bridgehead atoms. The van der Waals surface area contributed by atoms with E-state index in [4.69, 9.17) is 4.42 Å². The molecule has 2 aromatic heterocycles. The van der Waals surface area contributed by atoms with E-state index in [1.165, 1.54) is 0 Å². The zero-order valence-electron chi connectivity index (χ0n) is 9.62. The third-order valence-electron chi connectivity index (χ3n) is 2.57. The number of carbonyl (C=O) groups excluding carboxylic acids is 1. The van der Waals surface area contributed by atoms with E-state index in [1.54, 1.807) is 19.2 Å². The van der Waals surface area contributed by atoms with Crippen molar-refractivity contribution < 1.29 is 9.21 Å². The maximum Gasteiger partial charge on any atom is 0.193 e. The van der Waals surface area contributed by atoms with Crippen molar-refractivity contribution in [2.75, 3.05) is 0 Å². The lowest BCUT2D eigenvalue weighted by molar-refractivity contribution is 0.111. The Labute approximate surface area is 103 Å². The first-order valence-electron chi connectivity index (χ1n) is 5.42. The Morgan fingerprint density at radius 2 is 2.11 bits per heavy atom. The van der Waals surface area contributed by atoms with Gasteiger partial charge in [-0.05, 0) is 24.3 Å². The summed E-state index contributed by atoms with van der Waals surface area (Å²) in [5.74, 6) is 0.794. The molecule has 0 aliphatic heterocycles. The van der Waals surface area contributed by atoms with Gasteiger partial charge in [-0.1, -0.05) is 0 Å². The van der Waals surface area contributed by atoms with E-state index in [-0.39, 0.29) is 5.82 Å². The van der Waals surface area contributed by atoms with Crippen LogP contribution in [-0.2, 0) is 0 Å². The zero-order chi connectivity index (χ0) is 12.5. The molecule has 3 rings (SSSR count). The first kappa shape index (κ1) is 10.6. The van der Waals surface area contributed by atoms with Crippen LogP contribution < -0.4 is 0 Å². The molecule has 2 heterocycles. The maximum atomic E-state index is 10.7. The summed E-state index contributed by atoms with van der Waals surface area (Å²) in [5.41, 5.74) is 3.08. The fourth-order valence-corrected chi connectivity index (χ4v) is 1.79. The molecule has 0 saturated heterocycles. The Hall–Kier alpha value is -2.56. The van der Waals surface area contributed by atoms with E-state index in [2.05, 4.69) is 15.0 Å². The van der Waals surface area contributed by atoms with E-state index in [1.807, 2.05) is 18.2 Å². The minimum atomic E-state index is 0.170. The lowest BCUT2D eigenvalue weighted by Crippen LogP contribution is -1.93. The van der Waals surface area contributed by atoms with Gasteiger partial charge in [-0.3, -0.25) is 4.79 Å². The van der Waals surface area contributed by atoms with Gasteiger partial charge in [0.15, 0.2) is 23.6 Å². The summed E-state index contributed by atoms with van der Waals surface area (Å²) in [6.45, 7) is 1.80. The maximum absolute atomic E-state index is 10.7. The molecule has 0 amide bonds. The van der Waals surface area contributed by atoms with Crippen molar-refractivity contribution in [3.05, 3.63) is 42.2 Å². The topological polar surface area (TPSA) is 68.9 Å². The highest BCUT2D eigenvalue weighted by molar-refractivity contribution is 5.80. The molecule has 0 unspecified atom stereocenters. The normalized spacial score (nSPS) is 10.7. The number of carbonyl (C=O) groups is 1. The smallest absolute Gasteiger partial charge is 0.193 e. The van der Waals surface area contributed by atoms with Crippen LogP contribution in [0.1, 0.15) is 16.5 Å². The predicted molar refractivity (Wildman–Crippen MR) is 65.2 cm³/mol. The van der Waals surface area contributed by atoms with Gasteiger partial charge >= 0.3 is 0 Å². The molecule has 5 heteroatoms. The largest absolute Gasteiger partial charge is 0.441 e. The first-order chi connectivity index (χ1) is 8.76. The fourth-order valence-electron chi connectivity index (χ4n) is 1.79. The number of oxazole rings is 1. The molecule has 18 heavy (non-hydrogen) atoms. The molecule has 0 aliphatic carbocycles. The highest BCUT2D eigenvalue weighted by Crippen LogP contribution is 2.23. The molecular formula is C13H9N3O2. The molecule has 0 radical (unpaired) electrons. The first-order valence-corrected chi connectivity index (χ1v) is 5.42. The standard InChI is InChI=1S/C13H9N3O2/c1-8-15-11-6-9(2-3-12(11)18-8)10-4-5-14-13(7-17)16-10/h2-7H,1H3. The van der Waals surface area contributed by atoms with Crippen molar-refractivity contribution >= 4 is 17.4 Å². The van der Waals surface area contributed by atoms with Gasteiger partial charge in [0.1, 0.15) is 5.52 Å².